The summed E-state index contributed by atoms with van der Waals surface area (Å²) in [6.45, 7) is 5.26. The molecule has 0 heterocycles. The van der Waals surface area contributed by atoms with Gasteiger partial charge in [-0.15, -0.1) is 0 Å². The van der Waals surface area contributed by atoms with Crippen molar-refractivity contribution in [2.75, 3.05) is 12.3 Å². The third-order valence-electron chi connectivity index (χ3n) is 1.24. The summed E-state index contributed by atoms with van der Waals surface area (Å²) in [6, 6.07) is 0. The first-order chi connectivity index (χ1) is 6.60. The van der Waals surface area contributed by atoms with Crippen LogP contribution in [0.5, 0.6) is 0 Å². The van der Waals surface area contributed by atoms with Gasteiger partial charge in [0.1, 0.15) is 5.60 Å². The summed E-state index contributed by atoms with van der Waals surface area (Å²) in [7, 11) is -4.20. The molecule has 8 heteroatoms. The van der Waals surface area contributed by atoms with E-state index in [0.29, 0.717) is 0 Å². The van der Waals surface area contributed by atoms with Gasteiger partial charge in [0, 0.05) is 12.3 Å². The van der Waals surface area contributed by atoms with E-state index in [1.54, 1.807) is 20.8 Å². The number of amides is 1. The van der Waals surface area contributed by atoms with Gasteiger partial charge in [0.25, 0.3) is 0 Å². The summed E-state index contributed by atoms with van der Waals surface area (Å²) in [5.74, 6) is -0.483. The molecule has 0 aliphatic heterocycles. The molecule has 16 heavy (non-hydrogen) atoms. The van der Waals surface area contributed by atoms with Crippen LogP contribution in [0.25, 0.3) is 0 Å². The van der Waals surface area contributed by atoms with E-state index < -0.39 is 27.6 Å². The number of ether oxygens (including phenoxy) is 1. The van der Waals surface area contributed by atoms with Crippen molar-refractivity contribution in [2.45, 2.75) is 32.8 Å². The van der Waals surface area contributed by atoms with Gasteiger partial charge in [-0.2, -0.15) is 0 Å². The average Bonchev–Trinajstić information content (AvgIpc) is 1.92. The molecule has 6 nitrogen and oxygen atoms in total. The predicted molar refractivity (Wildman–Crippen MR) is 53.4 cm³/mol. The van der Waals surface area contributed by atoms with Gasteiger partial charge in [0.15, 0.2) is 0 Å². The molecular formula is C8H16NNaO5S. The number of rotatable bonds is 4. The van der Waals surface area contributed by atoms with Gasteiger partial charge < -0.3 is 14.6 Å². The van der Waals surface area contributed by atoms with Gasteiger partial charge in [0.05, 0.1) is 10.1 Å². The molecule has 0 saturated heterocycles. The molecule has 0 radical (unpaired) electrons. The van der Waals surface area contributed by atoms with E-state index in [2.05, 4.69) is 5.32 Å². The van der Waals surface area contributed by atoms with Gasteiger partial charge in [-0.1, -0.05) is 0 Å². The summed E-state index contributed by atoms with van der Waals surface area (Å²) in [5.41, 5.74) is -0.589. The zero-order chi connectivity index (χ0) is 12.1. The first-order valence-electron chi connectivity index (χ1n) is 4.50. The molecular weight excluding hydrogens is 245 g/mol. The van der Waals surface area contributed by atoms with Crippen LogP contribution in [0.1, 0.15) is 27.2 Å². The van der Waals surface area contributed by atoms with Crippen molar-refractivity contribution >= 4 is 16.2 Å². The minimum Gasteiger partial charge on any atom is -0.748 e. The van der Waals surface area contributed by atoms with Crippen LogP contribution in [-0.2, 0) is 14.9 Å². The second-order valence-corrected chi connectivity index (χ2v) is 5.57. The Morgan fingerprint density at radius 1 is 1.38 bits per heavy atom. The van der Waals surface area contributed by atoms with Crippen molar-refractivity contribution in [1.82, 2.24) is 5.32 Å². The number of hydrogen-bond donors (Lipinski definition) is 1. The molecule has 0 aliphatic rings. The molecule has 0 aromatic heterocycles. The van der Waals surface area contributed by atoms with E-state index in [1.165, 1.54) is 0 Å². The maximum Gasteiger partial charge on any atom is 1.00 e. The molecule has 0 saturated carbocycles. The van der Waals surface area contributed by atoms with Crippen LogP contribution in [0.2, 0.25) is 0 Å². The smallest absolute Gasteiger partial charge is 0.748 e. The van der Waals surface area contributed by atoms with Gasteiger partial charge in [0.2, 0.25) is 0 Å². The second-order valence-electron chi connectivity index (χ2n) is 4.04. The normalized spacial score (nSPS) is 11.5. The Kier molecular flexibility index (Phi) is 8.69. The van der Waals surface area contributed by atoms with Gasteiger partial charge in [-0.25, -0.2) is 13.2 Å². The third kappa shape index (κ3) is 14.2. The minimum absolute atomic E-state index is 0. The van der Waals surface area contributed by atoms with E-state index in [-0.39, 0.29) is 42.5 Å². The maximum absolute atomic E-state index is 11.0. The van der Waals surface area contributed by atoms with Crippen LogP contribution < -0.4 is 34.9 Å². The minimum atomic E-state index is -4.20. The number of nitrogens with one attached hydrogen (secondary N) is 1. The van der Waals surface area contributed by atoms with Crippen LogP contribution in [-0.4, -0.2) is 37.0 Å². The third-order valence-corrected chi connectivity index (χ3v) is 2.03. The molecule has 0 fully saturated rings. The van der Waals surface area contributed by atoms with Crippen molar-refractivity contribution in [3.05, 3.63) is 0 Å². The number of carbonyl (C=O) groups excluding carboxylic acids is 1. The summed E-state index contributed by atoms with van der Waals surface area (Å²) in [5, 5.41) is 2.35. The van der Waals surface area contributed by atoms with Crippen molar-refractivity contribution in [3.8, 4) is 0 Å². The second kappa shape index (κ2) is 7.50. The fourth-order valence-electron chi connectivity index (χ4n) is 0.754. The Bertz CT molecular complexity index is 309. The Morgan fingerprint density at radius 3 is 2.25 bits per heavy atom. The van der Waals surface area contributed by atoms with Crippen molar-refractivity contribution in [1.29, 1.82) is 0 Å². The van der Waals surface area contributed by atoms with Crippen molar-refractivity contribution in [2.24, 2.45) is 0 Å². The Balaban J connectivity index is 0. The largest absolute Gasteiger partial charge is 1.00 e. The Hall–Kier alpha value is 0.180. The van der Waals surface area contributed by atoms with Crippen LogP contribution in [0.15, 0.2) is 0 Å². The average molecular weight is 261 g/mol. The summed E-state index contributed by atoms with van der Waals surface area (Å²) in [4.78, 5) is 11.0. The topological polar surface area (TPSA) is 95.5 Å². The summed E-state index contributed by atoms with van der Waals surface area (Å²) >= 11 is 0. The monoisotopic (exact) mass is 261 g/mol. The van der Waals surface area contributed by atoms with E-state index in [1.807, 2.05) is 0 Å². The molecule has 90 valence electrons. The Morgan fingerprint density at radius 2 is 1.88 bits per heavy atom. The maximum atomic E-state index is 11.0. The molecule has 0 unspecified atom stereocenters. The van der Waals surface area contributed by atoms with Crippen LogP contribution in [0, 0.1) is 0 Å². The van der Waals surface area contributed by atoms with Crippen molar-refractivity contribution < 1.29 is 52.1 Å². The first kappa shape index (κ1) is 18.5. The Labute approximate surface area is 118 Å². The summed E-state index contributed by atoms with van der Waals surface area (Å²) < 4.78 is 35.5. The van der Waals surface area contributed by atoms with Crippen LogP contribution in [0.3, 0.4) is 0 Å². The molecule has 0 spiro atoms. The summed E-state index contributed by atoms with van der Waals surface area (Å²) in [6.07, 6.45) is -0.531. The fourth-order valence-corrected chi connectivity index (χ4v) is 1.25. The number of alkyl carbamates (subject to hydrolysis) is 1. The SMILES string of the molecule is CC(C)(C)OC(=O)NCCCS(=O)(=O)[O-].[Na+]. The van der Waals surface area contributed by atoms with Crippen LogP contribution in [0.4, 0.5) is 4.79 Å². The standard InChI is InChI=1S/C8H17NO5S.Na/c1-8(2,3)14-7(10)9-5-4-6-15(11,12)13;/h4-6H2,1-3H3,(H,9,10)(H,11,12,13);/q;+1/p-1. The number of hydrogen-bond acceptors (Lipinski definition) is 5. The van der Waals surface area contributed by atoms with E-state index in [0.717, 1.165) is 0 Å². The van der Waals surface area contributed by atoms with Crippen LogP contribution >= 0.6 is 0 Å². The number of carbonyl (C=O) groups is 1. The van der Waals surface area contributed by atoms with E-state index in [4.69, 9.17) is 4.74 Å². The molecule has 0 aliphatic carbocycles. The van der Waals surface area contributed by atoms with Gasteiger partial charge in [-0.05, 0) is 27.2 Å². The molecule has 1 amide bonds. The first-order valence-corrected chi connectivity index (χ1v) is 6.08. The molecule has 0 rings (SSSR count). The zero-order valence-electron chi connectivity index (χ0n) is 10.1. The quantitative estimate of drug-likeness (QED) is 0.341. The molecule has 0 aromatic rings. The zero-order valence-corrected chi connectivity index (χ0v) is 12.9. The van der Waals surface area contributed by atoms with E-state index >= 15 is 0 Å². The van der Waals surface area contributed by atoms with E-state index in [9.17, 15) is 17.8 Å². The molecule has 0 atom stereocenters. The molecule has 1 N–H and O–H groups in total. The predicted octanol–water partition coefficient (Wildman–Crippen LogP) is -2.55. The van der Waals surface area contributed by atoms with Gasteiger partial charge in [-0.3, -0.25) is 0 Å². The molecule has 0 aromatic carbocycles. The van der Waals surface area contributed by atoms with Crippen molar-refractivity contribution in [3.63, 3.8) is 0 Å². The molecule has 0 bridgehead atoms. The fraction of sp³-hybridized carbons (Fsp3) is 0.875. The van der Waals surface area contributed by atoms with Gasteiger partial charge >= 0.3 is 35.7 Å².